The lowest BCUT2D eigenvalue weighted by Gasteiger charge is -2.32. The maximum atomic E-state index is 7.27. The molecular formula is C56H40N2O3. The summed E-state index contributed by atoms with van der Waals surface area (Å²) in [4.78, 5) is 4.78. The van der Waals surface area contributed by atoms with Gasteiger partial charge < -0.3 is 23.1 Å². The van der Waals surface area contributed by atoms with Crippen molar-refractivity contribution in [3.8, 4) is 0 Å². The number of aryl methyl sites for hydroxylation is 4. The minimum Gasteiger partial charge on any atom is -0.454 e. The third-order valence-electron chi connectivity index (χ3n) is 12.5. The summed E-state index contributed by atoms with van der Waals surface area (Å²) in [6.07, 6.45) is 0. The molecule has 0 unspecified atom stereocenters. The SMILES string of the molecule is Cc1ccccc1N(c1cccc2c1oc1c(C)cccc12)c1c2ccccc2c(N(c2ccccc2C)c2cccc3c2oc2c(C)cccc23)c2c1oc1ccccc12. The van der Waals surface area contributed by atoms with E-state index in [1.54, 1.807) is 0 Å². The average molecular weight is 789 g/mol. The van der Waals surface area contributed by atoms with E-state index in [1.807, 2.05) is 0 Å². The quantitative estimate of drug-likeness (QED) is 0.157. The molecule has 61 heavy (non-hydrogen) atoms. The topological polar surface area (TPSA) is 45.9 Å². The number of hydrogen-bond acceptors (Lipinski definition) is 5. The molecule has 0 saturated carbocycles. The highest BCUT2D eigenvalue weighted by Gasteiger charge is 2.32. The highest BCUT2D eigenvalue weighted by molar-refractivity contribution is 6.29. The second-order valence-electron chi connectivity index (χ2n) is 16.2. The fourth-order valence-electron chi connectivity index (χ4n) is 9.67. The number of fused-ring (bicyclic) bond motifs is 10. The monoisotopic (exact) mass is 788 g/mol. The van der Waals surface area contributed by atoms with Crippen LogP contribution in [-0.4, -0.2) is 0 Å². The van der Waals surface area contributed by atoms with Crippen molar-refractivity contribution in [2.45, 2.75) is 27.7 Å². The van der Waals surface area contributed by atoms with Crippen LogP contribution in [0.15, 0.2) is 183 Å². The third kappa shape index (κ3) is 5.14. The van der Waals surface area contributed by atoms with E-state index in [9.17, 15) is 0 Å². The first-order valence-corrected chi connectivity index (χ1v) is 20.9. The van der Waals surface area contributed by atoms with Gasteiger partial charge in [0.25, 0.3) is 0 Å². The lowest BCUT2D eigenvalue weighted by Crippen LogP contribution is -2.15. The molecule has 3 heterocycles. The molecule has 0 aliphatic heterocycles. The van der Waals surface area contributed by atoms with Crippen LogP contribution < -0.4 is 9.80 Å². The highest BCUT2D eigenvalue weighted by atomic mass is 16.3. The molecule has 292 valence electrons. The average Bonchev–Trinajstić information content (AvgIpc) is 3.99. The summed E-state index contributed by atoms with van der Waals surface area (Å²) in [6, 6.07) is 60.1. The maximum Gasteiger partial charge on any atom is 0.162 e. The Balaban J connectivity index is 1.27. The molecule has 0 spiro atoms. The second kappa shape index (κ2) is 13.4. The number of rotatable bonds is 6. The van der Waals surface area contributed by atoms with Crippen LogP contribution in [0, 0.1) is 27.7 Å². The predicted molar refractivity (Wildman–Crippen MR) is 254 cm³/mol. The largest absolute Gasteiger partial charge is 0.454 e. The van der Waals surface area contributed by atoms with Gasteiger partial charge in [-0.2, -0.15) is 0 Å². The van der Waals surface area contributed by atoms with Crippen molar-refractivity contribution in [1.29, 1.82) is 0 Å². The molecule has 0 radical (unpaired) electrons. The summed E-state index contributed by atoms with van der Waals surface area (Å²) in [5.41, 5.74) is 15.4. The van der Waals surface area contributed by atoms with Gasteiger partial charge in [0, 0.05) is 49.1 Å². The number of nitrogens with zero attached hydrogens (tertiary/aromatic N) is 2. The predicted octanol–water partition coefficient (Wildman–Crippen LogP) is 16.7. The number of hydrogen-bond donors (Lipinski definition) is 0. The first-order valence-electron chi connectivity index (χ1n) is 20.9. The molecule has 5 heteroatoms. The van der Waals surface area contributed by atoms with E-state index in [1.165, 1.54) is 0 Å². The molecule has 12 aromatic rings. The number of para-hydroxylation sites is 7. The number of furan rings is 3. The minimum absolute atomic E-state index is 0.772. The Morgan fingerprint density at radius 2 is 0.656 bits per heavy atom. The molecule has 12 rings (SSSR count). The molecular weight excluding hydrogens is 749 g/mol. The van der Waals surface area contributed by atoms with Crippen LogP contribution in [0.3, 0.4) is 0 Å². The van der Waals surface area contributed by atoms with Gasteiger partial charge in [0.05, 0.1) is 28.1 Å². The van der Waals surface area contributed by atoms with Crippen LogP contribution in [0.5, 0.6) is 0 Å². The van der Waals surface area contributed by atoms with E-state index in [2.05, 4.69) is 207 Å². The fourth-order valence-corrected chi connectivity index (χ4v) is 9.67. The Kier molecular flexibility index (Phi) is 7.72. The Labute approximate surface area is 352 Å². The smallest absolute Gasteiger partial charge is 0.162 e. The van der Waals surface area contributed by atoms with Crippen LogP contribution in [0.1, 0.15) is 22.3 Å². The van der Waals surface area contributed by atoms with E-state index < -0.39 is 0 Å². The van der Waals surface area contributed by atoms with Crippen LogP contribution in [0.25, 0.3) is 76.6 Å². The molecule has 0 aliphatic carbocycles. The maximum absolute atomic E-state index is 7.27. The summed E-state index contributed by atoms with van der Waals surface area (Å²) in [5.74, 6) is 0. The van der Waals surface area contributed by atoms with Crippen molar-refractivity contribution < 1.29 is 13.3 Å². The summed E-state index contributed by atoms with van der Waals surface area (Å²) < 4.78 is 21.2. The molecule has 0 N–H and O–H groups in total. The van der Waals surface area contributed by atoms with Crippen molar-refractivity contribution in [1.82, 2.24) is 0 Å². The zero-order chi connectivity index (χ0) is 40.9. The Morgan fingerprint density at radius 3 is 1.20 bits per heavy atom. The van der Waals surface area contributed by atoms with Crippen molar-refractivity contribution in [2.75, 3.05) is 9.80 Å². The van der Waals surface area contributed by atoms with Gasteiger partial charge in [-0.25, -0.2) is 0 Å². The van der Waals surface area contributed by atoms with Gasteiger partial charge in [0.1, 0.15) is 16.7 Å². The molecule has 0 fully saturated rings. The van der Waals surface area contributed by atoms with Gasteiger partial charge >= 0.3 is 0 Å². The van der Waals surface area contributed by atoms with E-state index in [-0.39, 0.29) is 0 Å². The van der Waals surface area contributed by atoms with Gasteiger partial charge in [0.15, 0.2) is 16.7 Å². The molecule has 0 atom stereocenters. The summed E-state index contributed by atoms with van der Waals surface area (Å²) in [5, 5.41) is 8.46. The van der Waals surface area contributed by atoms with E-state index in [4.69, 9.17) is 13.3 Å². The van der Waals surface area contributed by atoms with Gasteiger partial charge in [0.2, 0.25) is 0 Å². The zero-order valence-corrected chi connectivity index (χ0v) is 34.3. The van der Waals surface area contributed by atoms with E-state index >= 15 is 0 Å². The summed E-state index contributed by atoms with van der Waals surface area (Å²) >= 11 is 0. The standard InChI is InChI=1S/C56H40N2O3/c1-33-17-5-10-28-44(33)57(46-30-15-26-41-39-24-13-19-35(3)52(39)60-54(41)46)50-37-21-7-8-22-38(37)51(56-49(50)43-23-9-12-32-48(43)59-56)58(45-29-11-6-18-34(45)2)47-31-16-27-42-40-25-14-20-36(4)53(40)61-55(42)47/h5-32H,1-4H3. The number of anilines is 6. The van der Waals surface area contributed by atoms with Crippen LogP contribution in [0.4, 0.5) is 34.1 Å². The van der Waals surface area contributed by atoms with Crippen LogP contribution in [0.2, 0.25) is 0 Å². The highest BCUT2D eigenvalue weighted by Crippen LogP contribution is 2.56. The third-order valence-corrected chi connectivity index (χ3v) is 12.5. The Bertz CT molecular complexity index is 3730. The van der Waals surface area contributed by atoms with Crippen molar-refractivity contribution in [3.63, 3.8) is 0 Å². The van der Waals surface area contributed by atoms with E-state index in [0.717, 1.165) is 133 Å². The first kappa shape index (κ1) is 35.2. The van der Waals surface area contributed by atoms with Crippen LogP contribution >= 0.6 is 0 Å². The summed E-state index contributed by atoms with van der Waals surface area (Å²) in [6.45, 7) is 8.58. The summed E-state index contributed by atoms with van der Waals surface area (Å²) in [7, 11) is 0. The first-order chi connectivity index (χ1) is 30.0. The van der Waals surface area contributed by atoms with Crippen molar-refractivity contribution in [2.24, 2.45) is 0 Å². The molecule has 3 aromatic heterocycles. The number of benzene rings is 9. The molecule has 5 nitrogen and oxygen atoms in total. The fraction of sp³-hybridized carbons (Fsp3) is 0.0714. The van der Waals surface area contributed by atoms with Gasteiger partial charge in [-0.3, -0.25) is 0 Å². The van der Waals surface area contributed by atoms with Gasteiger partial charge in [-0.1, -0.05) is 140 Å². The Hall–Kier alpha value is -7.76. The molecule has 0 saturated heterocycles. The van der Waals surface area contributed by atoms with Crippen molar-refractivity contribution in [3.05, 3.63) is 192 Å². The molecule has 0 bridgehead atoms. The lowest BCUT2D eigenvalue weighted by molar-refractivity contribution is 0.664. The molecule has 0 aliphatic rings. The van der Waals surface area contributed by atoms with Gasteiger partial charge in [-0.15, -0.1) is 0 Å². The van der Waals surface area contributed by atoms with Crippen LogP contribution in [-0.2, 0) is 0 Å². The second-order valence-corrected chi connectivity index (χ2v) is 16.2. The lowest BCUT2D eigenvalue weighted by atomic mass is 9.96. The van der Waals surface area contributed by atoms with E-state index in [0.29, 0.717) is 0 Å². The molecule has 9 aromatic carbocycles. The Morgan fingerprint density at radius 1 is 0.279 bits per heavy atom. The zero-order valence-electron chi connectivity index (χ0n) is 34.3. The van der Waals surface area contributed by atoms with Gasteiger partial charge in [-0.05, 0) is 80.3 Å². The van der Waals surface area contributed by atoms with Crippen molar-refractivity contribution >= 4 is 111 Å². The normalized spacial score (nSPS) is 11.9. The molecule has 0 amide bonds. The minimum atomic E-state index is 0.772.